The number of hydrogen-bond acceptors (Lipinski definition) is 3. The number of nitrogens with zero attached hydrogens (tertiary/aromatic N) is 2. The Labute approximate surface area is 170 Å². The Balaban J connectivity index is 1.77. The fraction of sp³-hybridized carbons (Fsp3) is 0.150. The summed E-state index contributed by atoms with van der Waals surface area (Å²) >= 11 is 9.53. The number of benzene rings is 2. The van der Waals surface area contributed by atoms with Crippen LogP contribution in [0.1, 0.15) is 15.9 Å². The van der Waals surface area contributed by atoms with E-state index in [1.165, 1.54) is 4.90 Å². The van der Waals surface area contributed by atoms with E-state index in [1.807, 2.05) is 31.2 Å². The third-order valence-corrected chi connectivity index (χ3v) is 4.80. The smallest absolute Gasteiger partial charge is 0.256 e. The van der Waals surface area contributed by atoms with Crippen molar-refractivity contribution in [1.29, 1.82) is 0 Å². The van der Waals surface area contributed by atoms with Gasteiger partial charge in [-0.1, -0.05) is 33.6 Å². The van der Waals surface area contributed by atoms with Gasteiger partial charge in [-0.15, -0.1) is 0 Å². The molecule has 0 aliphatic heterocycles. The van der Waals surface area contributed by atoms with Gasteiger partial charge in [0.25, 0.3) is 5.91 Å². The summed E-state index contributed by atoms with van der Waals surface area (Å²) in [4.78, 5) is 30.9. The summed E-state index contributed by atoms with van der Waals surface area (Å²) in [5.41, 5.74) is 2.56. The second-order valence-corrected chi connectivity index (χ2v) is 7.55. The molecule has 0 saturated carbocycles. The number of carbonyl (C=O) groups is 2. The molecule has 7 heteroatoms. The Morgan fingerprint density at radius 3 is 2.74 bits per heavy atom. The lowest BCUT2D eigenvalue weighted by Gasteiger charge is -2.18. The number of nitrogens with one attached hydrogen (secondary N) is 1. The number of fused-ring (bicyclic) bond motifs is 1. The number of aromatic nitrogens is 1. The molecule has 0 fully saturated rings. The molecule has 138 valence electrons. The summed E-state index contributed by atoms with van der Waals surface area (Å²) in [6.07, 6.45) is 1.62. The maximum absolute atomic E-state index is 12.9. The Morgan fingerprint density at radius 2 is 2.00 bits per heavy atom. The standard InChI is InChI=1S/C20H17BrClN3O2/c1-12-8-14(21)5-6-17(12)24-18(26)11-25(2)20(27)16-10-15(22)9-13-4-3-7-23-19(13)16/h3-10H,11H2,1-2H3,(H,24,26). The summed E-state index contributed by atoms with van der Waals surface area (Å²) in [7, 11) is 1.58. The second-order valence-electron chi connectivity index (χ2n) is 6.20. The fourth-order valence-corrected chi connectivity index (χ4v) is 3.47. The van der Waals surface area contributed by atoms with Crippen molar-refractivity contribution in [2.45, 2.75) is 6.92 Å². The van der Waals surface area contributed by atoms with E-state index in [1.54, 1.807) is 31.4 Å². The Morgan fingerprint density at radius 1 is 1.22 bits per heavy atom. The first-order valence-corrected chi connectivity index (χ1v) is 9.38. The van der Waals surface area contributed by atoms with Crippen molar-refractivity contribution in [3.8, 4) is 0 Å². The van der Waals surface area contributed by atoms with Crippen molar-refractivity contribution in [3.63, 3.8) is 0 Å². The first-order chi connectivity index (χ1) is 12.8. The minimum Gasteiger partial charge on any atom is -0.332 e. The SMILES string of the molecule is Cc1cc(Br)ccc1NC(=O)CN(C)C(=O)c1cc(Cl)cc2cccnc12. The maximum Gasteiger partial charge on any atom is 0.256 e. The summed E-state index contributed by atoms with van der Waals surface area (Å²) in [5.74, 6) is -0.598. The number of hydrogen-bond donors (Lipinski definition) is 1. The van der Waals surface area contributed by atoms with Gasteiger partial charge in [-0.2, -0.15) is 0 Å². The van der Waals surface area contributed by atoms with Crippen LogP contribution in [-0.2, 0) is 4.79 Å². The van der Waals surface area contributed by atoms with Crippen molar-refractivity contribution in [2.24, 2.45) is 0 Å². The number of likely N-dealkylation sites (N-methyl/N-ethyl adjacent to an activating group) is 1. The van der Waals surface area contributed by atoms with Crippen LogP contribution in [0.4, 0.5) is 5.69 Å². The number of carbonyl (C=O) groups excluding carboxylic acids is 2. The molecule has 0 aliphatic carbocycles. The van der Waals surface area contributed by atoms with Gasteiger partial charge in [0.2, 0.25) is 5.91 Å². The molecule has 0 unspecified atom stereocenters. The van der Waals surface area contributed by atoms with Gasteiger partial charge < -0.3 is 10.2 Å². The molecule has 0 aliphatic rings. The fourth-order valence-electron chi connectivity index (χ4n) is 2.77. The van der Waals surface area contributed by atoms with Crippen LogP contribution in [0.15, 0.2) is 53.1 Å². The summed E-state index contributed by atoms with van der Waals surface area (Å²) in [5, 5.41) is 4.05. The number of halogens is 2. The van der Waals surface area contributed by atoms with E-state index < -0.39 is 0 Å². The molecule has 0 saturated heterocycles. The van der Waals surface area contributed by atoms with Gasteiger partial charge in [0.1, 0.15) is 0 Å². The number of anilines is 1. The largest absolute Gasteiger partial charge is 0.332 e. The van der Waals surface area contributed by atoms with Crippen LogP contribution in [0.25, 0.3) is 10.9 Å². The van der Waals surface area contributed by atoms with Crippen LogP contribution in [0, 0.1) is 6.92 Å². The minimum atomic E-state index is -0.316. The zero-order chi connectivity index (χ0) is 19.6. The summed E-state index contributed by atoms with van der Waals surface area (Å²) < 4.78 is 0.936. The lowest BCUT2D eigenvalue weighted by Crippen LogP contribution is -2.35. The molecular weight excluding hydrogens is 430 g/mol. The number of pyridine rings is 1. The third-order valence-electron chi connectivity index (χ3n) is 4.09. The molecule has 0 atom stereocenters. The lowest BCUT2D eigenvalue weighted by molar-refractivity contribution is -0.116. The van der Waals surface area contributed by atoms with Crippen molar-refractivity contribution in [3.05, 3.63) is 69.3 Å². The van der Waals surface area contributed by atoms with Crippen LogP contribution < -0.4 is 5.32 Å². The monoisotopic (exact) mass is 445 g/mol. The lowest BCUT2D eigenvalue weighted by atomic mass is 10.1. The second kappa shape index (κ2) is 8.06. The third kappa shape index (κ3) is 4.46. The van der Waals surface area contributed by atoms with Gasteiger partial charge in [-0.05, 0) is 48.9 Å². The first kappa shape index (κ1) is 19.3. The number of rotatable bonds is 4. The highest BCUT2D eigenvalue weighted by atomic mass is 79.9. The van der Waals surface area contributed by atoms with Crippen molar-refractivity contribution in [1.82, 2.24) is 9.88 Å². The highest BCUT2D eigenvalue weighted by molar-refractivity contribution is 9.10. The van der Waals surface area contributed by atoms with Gasteiger partial charge in [0.05, 0.1) is 17.6 Å². The predicted octanol–water partition coefficient (Wildman–Crippen LogP) is 4.67. The average molecular weight is 447 g/mol. The first-order valence-electron chi connectivity index (χ1n) is 8.21. The van der Waals surface area contributed by atoms with Crippen molar-refractivity contribution in [2.75, 3.05) is 18.9 Å². The van der Waals surface area contributed by atoms with E-state index in [4.69, 9.17) is 11.6 Å². The van der Waals surface area contributed by atoms with Crippen LogP contribution in [0.5, 0.6) is 0 Å². The highest BCUT2D eigenvalue weighted by Crippen LogP contribution is 2.23. The van der Waals surface area contributed by atoms with Crippen LogP contribution >= 0.6 is 27.5 Å². The molecule has 0 radical (unpaired) electrons. The van der Waals surface area contributed by atoms with E-state index >= 15 is 0 Å². The zero-order valence-corrected chi connectivity index (χ0v) is 17.1. The summed E-state index contributed by atoms with van der Waals surface area (Å²) in [6, 6.07) is 12.5. The van der Waals surface area contributed by atoms with Crippen LogP contribution in [0.3, 0.4) is 0 Å². The molecule has 27 heavy (non-hydrogen) atoms. The van der Waals surface area contributed by atoms with Gasteiger partial charge in [0, 0.05) is 33.8 Å². The minimum absolute atomic E-state index is 0.0881. The quantitative estimate of drug-likeness (QED) is 0.633. The van der Waals surface area contributed by atoms with Gasteiger partial charge in [-0.3, -0.25) is 14.6 Å². The van der Waals surface area contributed by atoms with E-state index in [2.05, 4.69) is 26.2 Å². The molecule has 1 aromatic heterocycles. The van der Waals surface area contributed by atoms with E-state index in [0.717, 1.165) is 15.4 Å². The van der Waals surface area contributed by atoms with Gasteiger partial charge >= 0.3 is 0 Å². The maximum atomic E-state index is 12.9. The van der Waals surface area contributed by atoms with Crippen molar-refractivity contribution >= 4 is 55.9 Å². The Kier molecular flexibility index (Phi) is 5.77. The average Bonchev–Trinajstić information content (AvgIpc) is 2.62. The van der Waals surface area contributed by atoms with E-state index in [0.29, 0.717) is 21.8 Å². The number of aryl methyl sites for hydroxylation is 1. The molecule has 1 heterocycles. The molecular formula is C20H17BrClN3O2. The van der Waals surface area contributed by atoms with Gasteiger partial charge in [0.15, 0.2) is 0 Å². The molecule has 5 nitrogen and oxygen atoms in total. The topological polar surface area (TPSA) is 62.3 Å². The highest BCUT2D eigenvalue weighted by Gasteiger charge is 2.19. The molecule has 0 bridgehead atoms. The molecule has 2 aromatic carbocycles. The zero-order valence-electron chi connectivity index (χ0n) is 14.8. The Bertz CT molecular complexity index is 1040. The Hall–Kier alpha value is -2.44. The summed E-state index contributed by atoms with van der Waals surface area (Å²) in [6.45, 7) is 1.81. The predicted molar refractivity (Wildman–Crippen MR) is 111 cm³/mol. The molecule has 2 amide bonds. The molecule has 1 N–H and O–H groups in total. The van der Waals surface area contributed by atoms with Gasteiger partial charge in [-0.25, -0.2) is 0 Å². The molecule has 0 spiro atoms. The molecule has 3 aromatic rings. The van der Waals surface area contributed by atoms with E-state index in [-0.39, 0.29) is 18.4 Å². The number of amides is 2. The molecule has 3 rings (SSSR count). The van der Waals surface area contributed by atoms with E-state index in [9.17, 15) is 9.59 Å². The van der Waals surface area contributed by atoms with Crippen LogP contribution in [-0.4, -0.2) is 35.3 Å². The normalized spacial score (nSPS) is 10.7. The van der Waals surface area contributed by atoms with Crippen LogP contribution in [0.2, 0.25) is 5.02 Å². The van der Waals surface area contributed by atoms with Crippen molar-refractivity contribution < 1.29 is 9.59 Å².